The normalized spacial score (nSPS) is 14.2. The highest BCUT2D eigenvalue weighted by Gasteiger charge is 2.21. The molecule has 3 nitrogen and oxygen atoms in total. The van der Waals surface area contributed by atoms with E-state index in [1.807, 2.05) is 12.1 Å². The van der Waals surface area contributed by atoms with Gasteiger partial charge in [0, 0.05) is 12.1 Å². The second-order valence-corrected chi connectivity index (χ2v) is 5.74. The lowest BCUT2D eigenvalue weighted by molar-refractivity contribution is 0.204. The number of unbranched alkanes of at least 4 members (excludes halogenated alkanes) is 2. The molecule has 0 amide bonds. The van der Waals surface area contributed by atoms with E-state index in [0.717, 1.165) is 18.8 Å². The van der Waals surface area contributed by atoms with E-state index < -0.39 is 0 Å². The molecule has 1 N–H and O–H groups in total. The van der Waals surface area contributed by atoms with Gasteiger partial charge in [-0.15, -0.1) is 0 Å². The van der Waals surface area contributed by atoms with Crippen molar-refractivity contribution in [1.29, 1.82) is 0 Å². The maximum atomic E-state index is 5.25. The smallest absolute Gasteiger partial charge is 0.118 e. The number of ether oxygens (including phenoxy) is 1. The average Bonchev–Trinajstić information content (AvgIpc) is 2.52. The molecule has 120 valence electrons. The summed E-state index contributed by atoms with van der Waals surface area (Å²) in [5, 5.41) is 3.62. The first-order chi connectivity index (χ1) is 10.1. The highest BCUT2D eigenvalue weighted by molar-refractivity contribution is 5.29. The summed E-state index contributed by atoms with van der Waals surface area (Å²) < 4.78 is 5.25. The summed E-state index contributed by atoms with van der Waals surface area (Å²) in [5.41, 5.74) is 1.33. The van der Waals surface area contributed by atoms with Gasteiger partial charge in [0.05, 0.1) is 7.11 Å². The zero-order valence-corrected chi connectivity index (χ0v) is 14.4. The summed E-state index contributed by atoms with van der Waals surface area (Å²) in [4.78, 5) is 2.47. The number of likely N-dealkylation sites (N-methyl/N-ethyl adjacent to an activating group) is 2. The van der Waals surface area contributed by atoms with Gasteiger partial charge in [0.2, 0.25) is 0 Å². The fraction of sp³-hybridized carbons (Fsp3) is 0.667. The van der Waals surface area contributed by atoms with Crippen molar-refractivity contribution in [2.24, 2.45) is 0 Å². The molecule has 0 heterocycles. The Labute approximate surface area is 130 Å². The van der Waals surface area contributed by atoms with E-state index in [1.54, 1.807) is 7.11 Å². The summed E-state index contributed by atoms with van der Waals surface area (Å²) >= 11 is 0. The fourth-order valence-corrected chi connectivity index (χ4v) is 2.67. The Morgan fingerprint density at radius 2 is 1.81 bits per heavy atom. The molecule has 21 heavy (non-hydrogen) atoms. The highest BCUT2D eigenvalue weighted by atomic mass is 16.5. The molecular weight excluding hydrogens is 260 g/mol. The molecule has 0 aliphatic rings. The molecular formula is C18H32N2O. The third-order valence-electron chi connectivity index (χ3n) is 4.19. The van der Waals surface area contributed by atoms with Crippen molar-refractivity contribution < 1.29 is 4.74 Å². The quantitative estimate of drug-likeness (QED) is 0.663. The molecule has 0 spiro atoms. The predicted octanol–water partition coefficient (Wildman–Crippen LogP) is 3.86. The molecule has 1 aromatic rings. The van der Waals surface area contributed by atoms with Crippen molar-refractivity contribution in [2.45, 2.75) is 52.1 Å². The van der Waals surface area contributed by atoms with Crippen LogP contribution in [0.15, 0.2) is 24.3 Å². The van der Waals surface area contributed by atoms with Crippen LogP contribution in [0, 0.1) is 0 Å². The first-order valence-corrected chi connectivity index (χ1v) is 8.21. The van der Waals surface area contributed by atoms with E-state index >= 15 is 0 Å². The highest BCUT2D eigenvalue weighted by Crippen LogP contribution is 2.23. The molecule has 0 aliphatic carbocycles. The lowest BCUT2D eigenvalue weighted by atomic mass is 9.99. The second kappa shape index (κ2) is 9.80. The van der Waals surface area contributed by atoms with E-state index in [-0.39, 0.29) is 0 Å². The topological polar surface area (TPSA) is 24.5 Å². The van der Waals surface area contributed by atoms with Gasteiger partial charge in [0.25, 0.3) is 0 Å². The molecule has 0 bridgehead atoms. The number of rotatable bonds is 10. The Morgan fingerprint density at radius 1 is 1.14 bits per heavy atom. The monoisotopic (exact) mass is 292 g/mol. The van der Waals surface area contributed by atoms with Crippen LogP contribution in [-0.4, -0.2) is 38.2 Å². The summed E-state index contributed by atoms with van der Waals surface area (Å²) in [6.07, 6.45) is 3.86. The van der Waals surface area contributed by atoms with Crippen LogP contribution in [0.5, 0.6) is 5.75 Å². The molecule has 0 fully saturated rings. The van der Waals surface area contributed by atoms with Crippen molar-refractivity contribution in [3.63, 3.8) is 0 Å². The van der Waals surface area contributed by atoms with Gasteiger partial charge in [0.15, 0.2) is 0 Å². The Morgan fingerprint density at radius 3 is 2.33 bits per heavy atom. The van der Waals surface area contributed by atoms with Crippen molar-refractivity contribution in [3.8, 4) is 5.75 Å². The summed E-state index contributed by atoms with van der Waals surface area (Å²) in [6.45, 7) is 8.86. The molecule has 1 rings (SSSR count). The van der Waals surface area contributed by atoms with E-state index in [0.29, 0.717) is 12.1 Å². The molecule has 0 saturated carbocycles. The van der Waals surface area contributed by atoms with Crippen LogP contribution in [0.2, 0.25) is 0 Å². The lowest BCUT2D eigenvalue weighted by Crippen LogP contribution is -2.41. The van der Waals surface area contributed by atoms with Crippen molar-refractivity contribution >= 4 is 0 Å². The molecule has 3 heteroatoms. The third kappa shape index (κ3) is 5.68. The van der Waals surface area contributed by atoms with Gasteiger partial charge in [-0.3, -0.25) is 0 Å². The Kier molecular flexibility index (Phi) is 8.40. The van der Waals surface area contributed by atoms with Crippen LogP contribution in [0.1, 0.15) is 51.6 Å². The van der Waals surface area contributed by atoms with E-state index in [1.165, 1.54) is 24.8 Å². The van der Waals surface area contributed by atoms with Gasteiger partial charge in [0.1, 0.15) is 5.75 Å². The van der Waals surface area contributed by atoms with Crippen LogP contribution in [-0.2, 0) is 0 Å². The van der Waals surface area contributed by atoms with Crippen molar-refractivity contribution in [2.75, 3.05) is 27.2 Å². The number of methoxy groups -OCH3 is 1. The SMILES string of the molecule is CCCCCN(C)C(C)C(NCC)c1ccc(OC)cc1. The van der Waals surface area contributed by atoms with Gasteiger partial charge in [-0.2, -0.15) is 0 Å². The first kappa shape index (κ1) is 18.0. The zero-order valence-electron chi connectivity index (χ0n) is 14.4. The Bertz CT molecular complexity index is 377. The number of hydrogen-bond acceptors (Lipinski definition) is 3. The predicted molar refractivity (Wildman–Crippen MR) is 91.0 cm³/mol. The van der Waals surface area contributed by atoms with Crippen molar-refractivity contribution in [3.05, 3.63) is 29.8 Å². The zero-order chi connectivity index (χ0) is 15.7. The summed E-state index contributed by atoms with van der Waals surface area (Å²) in [6, 6.07) is 9.25. The van der Waals surface area contributed by atoms with E-state index in [9.17, 15) is 0 Å². The number of benzene rings is 1. The van der Waals surface area contributed by atoms with Crippen LogP contribution < -0.4 is 10.1 Å². The molecule has 0 aromatic heterocycles. The standard InChI is InChI=1S/C18H32N2O/c1-6-8-9-14-20(4)15(3)18(19-7-2)16-10-12-17(21-5)13-11-16/h10-13,15,18-19H,6-9,14H2,1-5H3. The van der Waals surface area contributed by atoms with Crippen LogP contribution in [0.3, 0.4) is 0 Å². The minimum absolute atomic E-state index is 0.354. The minimum atomic E-state index is 0.354. The fourth-order valence-electron chi connectivity index (χ4n) is 2.67. The molecule has 1 aromatic carbocycles. The minimum Gasteiger partial charge on any atom is -0.497 e. The van der Waals surface area contributed by atoms with Crippen LogP contribution >= 0.6 is 0 Å². The molecule has 0 aliphatic heterocycles. The number of hydrogen-bond donors (Lipinski definition) is 1. The molecule has 0 radical (unpaired) electrons. The van der Waals surface area contributed by atoms with Gasteiger partial charge in [-0.1, -0.05) is 38.8 Å². The molecule has 0 saturated heterocycles. The first-order valence-electron chi connectivity index (χ1n) is 8.21. The Hall–Kier alpha value is -1.06. The van der Waals surface area contributed by atoms with Gasteiger partial charge in [-0.05, 0) is 51.2 Å². The maximum absolute atomic E-state index is 5.25. The maximum Gasteiger partial charge on any atom is 0.118 e. The lowest BCUT2D eigenvalue weighted by Gasteiger charge is -2.33. The molecule has 2 atom stereocenters. The van der Waals surface area contributed by atoms with E-state index in [2.05, 4.69) is 50.2 Å². The van der Waals surface area contributed by atoms with Crippen LogP contribution in [0.25, 0.3) is 0 Å². The van der Waals surface area contributed by atoms with Crippen molar-refractivity contribution in [1.82, 2.24) is 10.2 Å². The van der Waals surface area contributed by atoms with Crippen LogP contribution in [0.4, 0.5) is 0 Å². The summed E-state index contributed by atoms with van der Waals surface area (Å²) in [5.74, 6) is 0.915. The van der Waals surface area contributed by atoms with Gasteiger partial charge >= 0.3 is 0 Å². The van der Waals surface area contributed by atoms with Gasteiger partial charge in [-0.25, -0.2) is 0 Å². The second-order valence-electron chi connectivity index (χ2n) is 5.74. The third-order valence-corrected chi connectivity index (χ3v) is 4.19. The Balaban J connectivity index is 2.73. The molecule has 2 unspecified atom stereocenters. The van der Waals surface area contributed by atoms with Gasteiger partial charge < -0.3 is 15.0 Å². The largest absolute Gasteiger partial charge is 0.497 e. The number of nitrogens with zero attached hydrogens (tertiary/aromatic N) is 1. The summed E-state index contributed by atoms with van der Waals surface area (Å²) in [7, 11) is 3.94. The number of nitrogens with one attached hydrogen (secondary N) is 1. The average molecular weight is 292 g/mol. The van der Waals surface area contributed by atoms with E-state index in [4.69, 9.17) is 4.74 Å².